The van der Waals surface area contributed by atoms with Crippen LogP contribution in [0.2, 0.25) is 0 Å². The zero-order valence-corrected chi connectivity index (χ0v) is 10.7. The molecule has 0 unspecified atom stereocenters. The van der Waals surface area contributed by atoms with E-state index < -0.39 is 0 Å². The number of amides is 1. The molecule has 0 aromatic heterocycles. The van der Waals surface area contributed by atoms with Gasteiger partial charge in [0, 0.05) is 29.5 Å². The highest BCUT2D eigenvalue weighted by molar-refractivity contribution is 5.96. The number of anilines is 2. The molecule has 0 fully saturated rings. The SMILES string of the molecule is CC(C)N(CCC#N)C(=O)c1cc(N)cc(N)c1. The van der Waals surface area contributed by atoms with E-state index in [0.717, 1.165) is 0 Å². The summed E-state index contributed by atoms with van der Waals surface area (Å²) in [6.45, 7) is 4.22. The minimum atomic E-state index is -0.153. The van der Waals surface area contributed by atoms with Crippen LogP contribution in [0.1, 0.15) is 30.6 Å². The third-order valence-electron chi connectivity index (χ3n) is 2.57. The first-order valence-corrected chi connectivity index (χ1v) is 5.79. The molecule has 0 saturated heterocycles. The largest absolute Gasteiger partial charge is 0.399 e. The first-order chi connectivity index (χ1) is 8.45. The van der Waals surface area contributed by atoms with E-state index in [1.54, 1.807) is 23.1 Å². The summed E-state index contributed by atoms with van der Waals surface area (Å²) < 4.78 is 0. The Morgan fingerprint density at radius 2 is 1.89 bits per heavy atom. The lowest BCUT2D eigenvalue weighted by molar-refractivity contribution is 0.0710. The van der Waals surface area contributed by atoms with Gasteiger partial charge in [-0.25, -0.2) is 0 Å². The summed E-state index contributed by atoms with van der Waals surface area (Å²) >= 11 is 0. The summed E-state index contributed by atoms with van der Waals surface area (Å²) in [5.41, 5.74) is 12.7. The van der Waals surface area contributed by atoms with Crippen molar-refractivity contribution in [3.05, 3.63) is 23.8 Å². The molecule has 4 N–H and O–H groups in total. The predicted molar refractivity (Wildman–Crippen MR) is 71.7 cm³/mol. The fraction of sp³-hybridized carbons (Fsp3) is 0.385. The van der Waals surface area contributed by atoms with Crippen LogP contribution >= 0.6 is 0 Å². The number of hydrogen-bond acceptors (Lipinski definition) is 4. The lowest BCUT2D eigenvalue weighted by Gasteiger charge is -2.26. The first-order valence-electron chi connectivity index (χ1n) is 5.79. The van der Waals surface area contributed by atoms with E-state index >= 15 is 0 Å². The molecule has 0 spiro atoms. The molecule has 18 heavy (non-hydrogen) atoms. The molecule has 0 aliphatic heterocycles. The Labute approximate surface area is 107 Å². The highest BCUT2D eigenvalue weighted by Gasteiger charge is 2.18. The number of nitrogen functional groups attached to an aromatic ring is 2. The van der Waals surface area contributed by atoms with E-state index in [1.165, 1.54) is 0 Å². The zero-order valence-electron chi connectivity index (χ0n) is 10.7. The number of rotatable bonds is 4. The van der Waals surface area contributed by atoms with E-state index in [4.69, 9.17) is 16.7 Å². The monoisotopic (exact) mass is 246 g/mol. The van der Waals surface area contributed by atoms with Gasteiger partial charge < -0.3 is 16.4 Å². The number of hydrogen-bond donors (Lipinski definition) is 2. The van der Waals surface area contributed by atoms with Gasteiger partial charge in [0.05, 0.1) is 12.5 Å². The predicted octanol–water partition coefficient (Wildman–Crippen LogP) is 1.62. The average Bonchev–Trinajstić information content (AvgIpc) is 2.27. The molecule has 0 bridgehead atoms. The van der Waals surface area contributed by atoms with Crippen molar-refractivity contribution in [3.63, 3.8) is 0 Å². The molecule has 5 heteroatoms. The van der Waals surface area contributed by atoms with Crippen molar-refractivity contribution >= 4 is 17.3 Å². The van der Waals surface area contributed by atoms with Gasteiger partial charge in [0.25, 0.3) is 5.91 Å². The van der Waals surface area contributed by atoms with E-state index in [-0.39, 0.29) is 11.9 Å². The normalized spacial score (nSPS) is 10.1. The highest BCUT2D eigenvalue weighted by Crippen LogP contribution is 2.16. The number of carbonyl (C=O) groups excluding carboxylic acids is 1. The molecule has 0 aliphatic carbocycles. The third-order valence-corrected chi connectivity index (χ3v) is 2.57. The topological polar surface area (TPSA) is 96.1 Å². The Morgan fingerprint density at radius 1 is 1.33 bits per heavy atom. The van der Waals surface area contributed by atoms with Crippen molar-refractivity contribution in [1.82, 2.24) is 4.90 Å². The number of nitrogens with zero attached hydrogens (tertiary/aromatic N) is 2. The Hall–Kier alpha value is -2.22. The van der Waals surface area contributed by atoms with Crippen LogP contribution in [0.5, 0.6) is 0 Å². The van der Waals surface area contributed by atoms with Gasteiger partial charge in [0.15, 0.2) is 0 Å². The van der Waals surface area contributed by atoms with Gasteiger partial charge >= 0.3 is 0 Å². The Kier molecular flexibility index (Phi) is 4.55. The van der Waals surface area contributed by atoms with E-state index in [0.29, 0.717) is 29.9 Å². The summed E-state index contributed by atoms with van der Waals surface area (Å²) in [6, 6.07) is 6.86. The number of nitrogens with two attached hydrogens (primary N) is 2. The van der Waals surface area contributed by atoms with Gasteiger partial charge in [-0.05, 0) is 32.0 Å². The van der Waals surface area contributed by atoms with Crippen molar-refractivity contribution < 1.29 is 4.79 Å². The zero-order chi connectivity index (χ0) is 13.7. The van der Waals surface area contributed by atoms with Gasteiger partial charge in [-0.3, -0.25) is 4.79 Å². The molecule has 1 rings (SSSR count). The molecule has 1 aromatic rings. The lowest BCUT2D eigenvalue weighted by Crippen LogP contribution is -2.37. The van der Waals surface area contributed by atoms with Crippen molar-refractivity contribution in [2.75, 3.05) is 18.0 Å². The minimum absolute atomic E-state index is 0.0218. The van der Waals surface area contributed by atoms with E-state index in [2.05, 4.69) is 0 Å². The molecule has 96 valence electrons. The second kappa shape index (κ2) is 5.92. The van der Waals surface area contributed by atoms with Crippen molar-refractivity contribution in [3.8, 4) is 6.07 Å². The lowest BCUT2D eigenvalue weighted by atomic mass is 10.1. The van der Waals surface area contributed by atoms with Gasteiger partial charge in [0.2, 0.25) is 0 Å². The maximum Gasteiger partial charge on any atom is 0.254 e. The molecule has 1 aromatic carbocycles. The van der Waals surface area contributed by atoms with Gasteiger partial charge in [-0.1, -0.05) is 0 Å². The summed E-state index contributed by atoms with van der Waals surface area (Å²) in [5.74, 6) is -0.153. The van der Waals surface area contributed by atoms with Crippen LogP contribution in [0, 0.1) is 11.3 Å². The Bertz CT molecular complexity index is 456. The number of nitriles is 1. The van der Waals surface area contributed by atoms with Crippen LogP contribution in [-0.2, 0) is 0 Å². The molecule has 0 aliphatic rings. The molecule has 5 nitrogen and oxygen atoms in total. The number of benzene rings is 1. The molecule has 1 amide bonds. The molecule has 0 atom stereocenters. The van der Waals surface area contributed by atoms with Crippen LogP contribution < -0.4 is 11.5 Å². The van der Waals surface area contributed by atoms with Crippen molar-refractivity contribution in [2.24, 2.45) is 0 Å². The number of carbonyl (C=O) groups is 1. The van der Waals surface area contributed by atoms with Crippen LogP contribution in [0.15, 0.2) is 18.2 Å². The summed E-state index contributed by atoms with van der Waals surface area (Å²) in [6.07, 6.45) is 0.307. The first kappa shape index (κ1) is 13.8. The van der Waals surface area contributed by atoms with Gasteiger partial charge in [0.1, 0.15) is 0 Å². The molecule has 0 saturated carbocycles. The van der Waals surface area contributed by atoms with Crippen molar-refractivity contribution in [1.29, 1.82) is 5.26 Å². The second-order valence-corrected chi connectivity index (χ2v) is 4.39. The summed E-state index contributed by atoms with van der Waals surface area (Å²) in [4.78, 5) is 13.9. The molecular weight excluding hydrogens is 228 g/mol. The van der Waals surface area contributed by atoms with Crippen LogP contribution in [-0.4, -0.2) is 23.4 Å². The standard InChI is InChI=1S/C13H18N4O/c1-9(2)17(5-3-4-14)13(18)10-6-11(15)8-12(16)7-10/h6-9H,3,5,15-16H2,1-2H3. The van der Waals surface area contributed by atoms with Crippen LogP contribution in [0.3, 0.4) is 0 Å². The Balaban J connectivity index is 2.98. The third kappa shape index (κ3) is 3.39. The van der Waals surface area contributed by atoms with Crippen molar-refractivity contribution in [2.45, 2.75) is 26.3 Å². The Morgan fingerprint density at radius 3 is 2.33 bits per heavy atom. The highest BCUT2D eigenvalue weighted by atomic mass is 16.2. The summed E-state index contributed by atoms with van der Waals surface area (Å²) in [7, 11) is 0. The molecular formula is C13H18N4O. The maximum atomic E-state index is 12.3. The van der Waals surface area contributed by atoms with E-state index in [9.17, 15) is 4.79 Å². The molecule has 0 heterocycles. The minimum Gasteiger partial charge on any atom is -0.399 e. The fourth-order valence-electron chi connectivity index (χ4n) is 1.73. The summed E-state index contributed by atoms with van der Waals surface area (Å²) in [5, 5.41) is 8.61. The maximum absolute atomic E-state index is 12.3. The van der Waals surface area contributed by atoms with E-state index in [1.807, 2.05) is 19.9 Å². The van der Waals surface area contributed by atoms with Crippen LogP contribution in [0.4, 0.5) is 11.4 Å². The average molecular weight is 246 g/mol. The van der Waals surface area contributed by atoms with Crippen LogP contribution in [0.25, 0.3) is 0 Å². The second-order valence-electron chi connectivity index (χ2n) is 4.39. The van der Waals surface area contributed by atoms with Gasteiger partial charge in [-0.15, -0.1) is 0 Å². The fourth-order valence-corrected chi connectivity index (χ4v) is 1.73. The van der Waals surface area contributed by atoms with Gasteiger partial charge in [-0.2, -0.15) is 5.26 Å². The molecule has 0 radical (unpaired) electrons. The quantitative estimate of drug-likeness (QED) is 0.789. The smallest absolute Gasteiger partial charge is 0.254 e.